The van der Waals surface area contributed by atoms with Gasteiger partial charge in [0.1, 0.15) is 12.4 Å². The predicted molar refractivity (Wildman–Crippen MR) is 126 cm³/mol. The number of hydrogen-bond donors (Lipinski definition) is 1. The van der Waals surface area contributed by atoms with Crippen LogP contribution in [0.2, 0.25) is 10.0 Å². The molecule has 0 fully saturated rings. The lowest BCUT2D eigenvalue weighted by Crippen LogP contribution is -2.09. The summed E-state index contributed by atoms with van der Waals surface area (Å²) in [6.45, 7) is 2.90. The van der Waals surface area contributed by atoms with Crippen LogP contribution >= 0.6 is 34.5 Å². The van der Waals surface area contributed by atoms with Crippen molar-refractivity contribution < 1.29 is 9.53 Å². The third kappa shape index (κ3) is 5.67. The van der Waals surface area contributed by atoms with Crippen molar-refractivity contribution in [2.24, 2.45) is 0 Å². The van der Waals surface area contributed by atoms with Crippen molar-refractivity contribution in [3.63, 3.8) is 0 Å². The van der Waals surface area contributed by atoms with Crippen molar-refractivity contribution in [2.75, 3.05) is 5.32 Å². The largest absolute Gasteiger partial charge is 0.489 e. The molecule has 0 radical (unpaired) electrons. The molecule has 2 heterocycles. The third-order valence-electron chi connectivity index (χ3n) is 4.56. The van der Waals surface area contributed by atoms with Crippen LogP contribution in [0.5, 0.6) is 5.75 Å². The van der Waals surface area contributed by atoms with Gasteiger partial charge in [0, 0.05) is 21.8 Å². The minimum atomic E-state index is -0.176. The van der Waals surface area contributed by atoms with Gasteiger partial charge in [0.15, 0.2) is 0 Å². The molecule has 4 rings (SSSR count). The zero-order valence-corrected chi connectivity index (χ0v) is 19.0. The number of anilines is 1. The fraction of sp³-hybridized carbons (Fsp3) is 0.130. The minimum absolute atomic E-state index is 0.176. The Labute approximate surface area is 194 Å². The number of benzene rings is 2. The summed E-state index contributed by atoms with van der Waals surface area (Å²) >= 11 is 13.3. The number of aromatic nitrogens is 2. The normalized spacial score (nSPS) is 10.8. The zero-order valence-electron chi connectivity index (χ0n) is 16.6. The smallest absolute Gasteiger partial charge is 0.265 e. The quantitative estimate of drug-likeness (QED) is 0.337. The number of halogens is 2. The number of amides is 1. The van der Waals surface area contributed by atoms with E-state index in [0.29, 0.717) is 33.8 Å². The third-order valence-corrected chi connectivity index (χ3v) is 6.22. The van der Waals surface area contributed by atoms with E-state index in [2.05, 4.69) is 10.4 Å². The van der Waals surface area contributed by atoms with Crippen molar-refractivity contribution in [3.8, 4) is 5.75 Å². The van der Waals surface area contributed by atoms with Crippen LogP contribution in [0.25, 0.3) is 0 Å². The Kier molecular flexibility index (Phi) is 6.61. The second kappa shape index (κ2) is 9.56. The van der Waals surface area contributed by atoms with Gasteiger partial charge in [0.25, 0.3) is 5.91 Å². The van der Waals surface area contributed by atoms with Crippen LogP contribution in [0.4, 0.5) is 5.69 Å². The molecule has 2 aromatic heterocycles. The van der Waals surface area contributed by atoms with Gasteiger partial charge in [0.05, 0.1) is 23.3 Å². The highest BCUT2D eigenvalue weighted by Crippen LogP contribution is 2.23. The van der Waals surface area contributed by atoms with E-state index in [9.17, 15) is 4.79 Å². The number of rotatable bonds is 7. The summed E-state index contributed by atoms with van der Waals surface area (Å²) in [5.74, 6) is 0.567. The van der Waals surface area contributed by atoms with Gasteiger partial charge < -0.3 is 10.1 Å². The van der Waals surface area contributed by atoms with Crippen molar-refractivity contribution >= 4 is 46.1 Å². The molecule has 31 heavy (non-hydrogen) atoms. The van der Waals surface area contributed by atoms with Crippen LogP contribution in [0, 0.1) is 6.92 Å². The SMILES string of the molecule is Cc1cc(OCc2csc(C(=O)Nc3cnn(Cc4ccc(Cl)cc4)c3)c2)ccc1Cl. The Hall–Kier alpha value is -2.80. The van der Waals surface area contributed by atoms with E-state index in [1.54, 1.807) is 17.1 Å². The van der Waals surface area contributed by atoms with Crippen LogP contribution in [0.15, 0.2) is 66.3 Å². The van der Waals surface area contributed by atoms with E-state index >= 15 is 0 Å². The van der Waals surface area contributed by atoms with Crippen molar-refractivity contribution in [3.05, 3.63) is 97.9 Å². The monoisotopic (exact) mass is 471 g/mol. The lowest BCUT2D eigenvalue weighted by molar-refractivity contribution is 0.103. The summed E-state index contributed by atoms with van der Waals surface area (Å²) in [5.41, 5.74) is 3.60. The second-order valence-electron chi connectivity index (χ2n) is 7.03. The van der Waals surface area contributed by atoms with Crippen LogP contribution in [0.3, 0.4) is 0 Å². The standard InChI is InChI=1S/C23H19Cl2N3O2S/c1-15-8-20(6-7-21(15)25)30-13-17-9-22(31-14-17)23(29)27-19-10-26-28(12-19)11-16-2-4-18(24)5-3-16/h2-10,12,14H,11,13H2,1H3,(H,27,29). The first kappa shape index (κ1) is 21.4. The molecule has 8 heteroatoms. The molecule has 0 unspecified atom stereocenters. The highest BCUT2D eigenvalue weighted by molar-refractivity contribution is 7.12. The summed E-state index contributed by atoms with van der Waals surface area (Å²) in [6.07, 6.45) is 3.43. The first-order chi connectivity index (χ1) is 15.0. The van der Waals surface area contributed by atoms with Crippen LogP contribution in [-0.2, 0) is 13.2 Å². The van der Waals surface area contributed by atoms with Gasteiger partial charge in [-0.1, -0.05) is 35.3 Å². The van der Waals surface area contributed by atoms with E-state index in [0.717, 1.165) is 22.4 Å². The van der Waals surface area contributed by atoms with Gasteiger partial charge in [0.2, 0.25) is 0 Å². The molecule has 4 aromatic rings. The Morgan fingerprint density at radius 2 is 1.94 bits per heavy atom. The Balaban J connectivity index is 1.33. The van der Waals surface area contributed by atoms with Crippen molar-refractivity contribution in [2.45, 2.75) is 20.1 Å². The van der Waals surface area contributed by atoms with Crippen LogP contribution < -0.4 is 10.1 Å². The lowest BCUT2D eigenvalue weighted by Gasteiger charge is -2.06. The van der Waals surface area contributed by atoms with E-state index < -0.39 is 0 Å². The van der Waals surface area contributed by atoms with Gasteiger partial charge in [-0.3, -0.25) is 9.48 Å². The number of carbonyl (C=O) groups is 1. The highest BCUT2D eigenvalue weighted by Gasteiger charge is 2.11. The average Bonchev–Trinajstić information content (AvgIpc) is 3.40. The topological polar surface area (TPSA) is 56.1 Å². The van der Waals surface area contributed by atoms with Crippen molar-refractivity contribution in [1.82, 2.24) is 9.78 Å². The molecular weight excluding hydrogens is 453 g/mol. The summed E-state index contributed by atoms with van der Waals surface area (Å²) in [6, 6.07) is 14.9. The molecule has 0 saturated heterocycles. The number of nitrogens with zero attached hydrogens (tertiary/aromatic N) is 2. The molecule has 0 bridgehead atoms. The molecule has 0 saturated carbocycles. The van der Waals surface area contributed by atoms with E-state index in [-0.39, 0.29) is 5.91 Å². The summed E-state index contributed by atoms with van der Waals surface area (Å²) in [5, 5.41) is 10.5. The van der Waals surface area contributed by atoms with Crippen LogP contribution in [-0.4, -0.2) is 15.7 Å². The van der Waals surface area contributed by atoms with Gasteiger partial charge in [-0.2, -0.15) is 5.10 Å². The summed E-state index contributed by atoms with van der Waals surface area (Å²) in [7, 11) is 0. The van der Waals surface area contributed by atoms with E-state index in [4.69, 9.17) is 27.9 Å². The first-order valence-corrected chi connectivity index (χ1v) is 11.1. The van der Waals surface area contributed by atoms with E-state index in [1.165, 1.54) is 11.3 Å². The van der Waals surface area contributed by atoms with E-state index in [1.807, 2.05) is 60.8 Å². The first-order valence-electron chi connectivity index (χ1n) is 9.51. The molecule has 0 spiro atoms. The number of aryl methyl sites for hydroxylation is 1. The summed E-state index contributed by atoms with van der Waals surface area (Å²) < 4.78 is 7.57. The van der Waals surface area contributed by atoms with Gasteiger partial charge in [-0.25, -0.2) is 0 Å². The number of hydrogen-bond acceptors (Lipinski definition) is 4. The zero-order chi connectivity index (χ0) is 21.8. The molecule has 5 nitrogen and oxygen atoms in total. The second-order valence-corrected chi connectivity index (χ2v) is 8.78. The lowest BCUT2D eigenvalue weighted by atomic mass is 10.2. The maximum Gasteiger partial charge on any atom is 0.265 e. The number of thiophene rings is 1. The molecule has 1 amide bonds. The molecule has 0 aliphatic heterocycles. The number of carbonyl (C=O) groups excluding carboxylic acids is 1. The fourth-order valence-corrected chi connectivity index (χ4v) is 3.96. The summed E-state index contributed by atoms with van der Waals surface area (Å²) in [4.78, 5) is 13.2. The molecule has 0 aliphatic carbocycles. The maximum absolute atomic E-state index is 12.6. The number of ether oxygens (including phenoxy) is 1. The average molecular weight is 472 g/mol. The Bertz CT molecular complexity index is 1200. The van der Waals surface area contributed by atoms with Gasteiger partial charge in [-0.05, 0) is 59.8 Å². The predicted octanol–water partition coefficient (Wildman–Crippen LogP) is 6.44. The van der Waals surface area contributed by atoms with Gasteiger partial charge in [-0.15, -0.1) is 11.3 Å². The molecule has 0 aliphatic rings. The highest BCUT2D eigenvalue weighted by atomic mass is 35.5. The Morgan fingerprint density at radius 1 is 1.13 bits per heavy atom. The number of nitrogens with one attached hydrogen (secondary N) is 1. The molecule has 1 N–H and O–H groups in total. The molecule has 158 valence electrons. The fourth-order valence-electron chi connectivity index (χ4n) is 2.93. The maximum atomic E-state index is 12.6. The molecular formula is C23H19Cl2N3O2S. The minimum Gasteiger partial charge on any atom is -0.489 e. The van der Waals surface area contributed by atoms with Crippen molar-refractivity contribution in [1.29, 1.82) is 0 Å². The Morgan fingerprint density at radius 3 is 2.71 bits per heavy atom. The molecule has 2 aromatic carbocycles. The molecule has 0 atom stereocenters. The van der Waals surface area contributed by atoms with Gasteiger partial charge >= 0.3 is 0 Å². The van der Waals surface area contributed by atoms with Crippen LogP contribution in [0.1, 0.15) is 26.4 Å².